The molecule has 5 nitrogen and oxygen atoms in total. The average molecular weight is 397 g/mol. The number of hydrogen-bond acceptors (Lipinski definition) is 3. The first kappa shape index (κ1) is 22.5. The van der Waals surface area contributed by atoms with Crippen LogP contribution in [0.5, 0.6) is 5.75 Å². The largest absolute Gasteiger partial charge is 0.494 e. The third-order valence-electron chi connectivity index (χ3n) is 4.80. The molecule has 0 spiro atoms. The molecule has 5 heteroatoms. The first-order valence-electron chi connectivity index (χ1n) is 10.5. The van der Waals surface area contributed by atoms with Crippen LogP contribution in [0.4, 0.5) is 5.69 Å². The SMILES string of the molecule is CCCCCCOc1ccc(C(=O)Nc2cccc(C(=O)N(CC)CC)c2)cc1. The van der Waals surface area contributed by atoms with Crippen molar-refractivity contribution in [3.63, 3.8) is 0 Å². The molecule has 2 rings (SSSR count). The van der Waals surface area contributed by atoms with Gasteiger partial charge < -0.3 is 15.0 Å². The Morgan fingerprint density at radius 2 is 1.62 bits per heavy atom. The molecule has 156 valence electrons. The fourth-order valence-electron chi connectivity index (χ4n) is 3.05. The van der Waals surface area contributed by atoms with E-state index in [1.807, 2.05) is 26.0 Å². The van der Waals surface area contributed by atoms with Crippen LogP contribution in [-0.4, -0.2) is 36.4 Å². The lowest BCUT2D eigenvalue weighted by Gasteiger charge is -2.19. The van der Waals surface area contributed by atoms with Crippen molar-refractivity contribution in [1.29, 1.82) is 0 Å². The van der Waals surface area contributed by atoms with Crippen molar-refractivity contribution in [1.82, 2.24) is 4.90 Å². The number of rotatable bonds is 11. The molecule has 0 bridgehead atoms. The van der Waals surface area contributed by atoms with Gasteiger partial charge in [-0.2, -0.15) is 0 Å². The molecule has 0 heterocycles. The Morgan fingerprint density at radius 1 is 0.897 bits per heavy atom. The molecule has 0 radical (unpaired) electrons. The fraction of sp³-hybridized carbons (Fsp3) is 0.417. The number of unbranched alkanes of at least 4 members (excludes halogenated alkanes) is 3. The number of carbonyl (C=O) groups is 2. The molecule has 1 N–H and O–H groups in total. The molecule has 2 aromatic rings. The van der Waals surface area contributed by atoms with Crippen LogP contribution in [-0.2, 0) is 0 Å². The van der Waals surface area contributed by atoms with Gasteiger partial charge in [-0.05, 0) is 62.7 Å². The zero-order chi connectivity index (χ0) is 21.1. The lowest BCUT2D eigenvalue weighted by molar-refractivity contribution is 0.0772. The Balaban J connectivity index is 1.94. The Hall–Kier alpha value is -2.82. The van der Waals surface area contributed by atoms with Gasteiger partial charge in [0, 0.05) is 29.9 Å². The summed E-state index contributed by atoms with van der Waals surface area (Å²) in [5.41, 5.74) is 1.71. The average Bonchev–Trinajstić information content (AvgIpc) is 2.75. The number of nitrogens with zero attached hydrogens (tertiary/aromatic N) is 1. The van der Waals surface area contributed by atoms with E-state index in [-0.39, 0.29) is 11.8 Å². The highest BCUT2D eigenvalue weighted by Crippen LogP contribution is 2.17. The van der Waals surface area contributed by atoms with Crippen LogP contribution in [0.2, 0.25) is 0 Å². The summed E-state index contributed by atoms with van der Waals surface area (Å²) in [6, 6.07) is 14.2. The minimum absolute atomic E-state index is 0.0356. The second-order valence-corrected chi connectivity index (χ2v) is 6.95. The number of amides is 2. The highest BCUT2D eigenvalue weighted by Gasteiger charge is 2.13. The number of carbonyl (C=O) groups excluding carboxylic acids is 2. The fourth-order valence-corrected chi connectivity index (χ4v) is 3.05. The smallest absolute Gasteiger partial charge is 0.255 e. The molecule has 2 amide bonds. The van der Waals surface area contributed by atoms with Gasteiger partial charge in [0.2, 0.25) is 0 Å². The number of nitrogens with one attached hydrogen (secondary N) is 1. The van der Waals surface area contributed by atoms with E-state index in [0.717, 1.165) is 12.2 Å². The molecule has 0 aromatic heterocycles. The first-order chi connectivity index (χ1) is 14.1. The predicted molar refractivity (Wildman–Crippen MR) is 118 cm³/mol. The number of benzene rings is 2. The summed E-state index contributed by atoms with van der Waals surface area (Å²) in [6.45, 7) is 8.08. The van der Waals surface area contributed by atoms with E-state index in [1.54, 1.807) is 41.3 Å². The summed E-state index contributed by atoms with van der Waals surface area (Å²) in [5.74, 6) is 0.517. The van der Waals surface area contributed by atoms with Gasteiger partial charge in [-0.15, -0.1) is 0 Å². The molecule has 2 aromatic carbocycles. The van der Waals surface area contributed by atoms with Gasteiger partial charge in [0.1, 0.15) is 5.75 Å². The standard InChI is InChI=1S/C24H32N2O3/c1-4-7-8-9-17-29-22-15-13-19(14-16-22)23(27)25-21-12-10-11-20(18-21)24(28)26(5-2)6-3/h10-16,18H,4-9,17H2,1-3H3,(H,25,27). The van der Waals surface area contributed by atoms with E-state index in [0.29, 0.717) is 36.5 Å². The van der Waals surface area contributed by atoms with Crippen LogP contribution in [0.25, 0.3) is 0 Å². The number of hydrogen-bond donors (Lipinski definition) is 1. The summed E-state index contributed by atoms with van der Waals surface area (Å²) in [7, 11) is 0. The normalized spacial score (nSPS) is 10.4. The van der Waals surface area contributed by atoms with Gasteiger partial charge in [0.25, 0.3) is 11.8 Å². The van der Waals surface area contributed by atoms with E-state index in [9.17, 15) is 9.59 Å². The van der Waals surface area contributed by atoms with Gasteiger partial charge in [-0.25, -0.2) is 0 Å². The van der Waals surface area contributed by atoms with Crippen LogP contribution >= 0.6 is 0 Å². The Bertz CT molecular complexity index is 783. The maximum atomic E-state index is 12.5. The Labute approximate surface area is 174 Å². The minimum Gasteiger partial charge on any atom is -0.494 e. The van der Waals surface area contributed by atoms with E-state index < -0.39 is 0 Å². The summed E-state index contributed by atoms with van der Waals surface area (Å²) in [5, 5.41) is 2.86. The minimum atomic E-state index is -0.216. The van der Waals surface area contributed by atoms with Crippen molar-refractivity contribution in [2.24, 2.45) is 0 Å². The molecule has 0 aliphatic rings. The van der Waals surface area contributed by atoms with Gasteiger partial charge in [-0.1, -0.05) is 32.3 Å². The van der Waals surface area contributed by atoms with Crippen LogP contribution < -0.4 is 10.1 Å². The number of anilines is 1. The van der Waals surface area contributed by atoms with Crippen LogP contribution in [0.3, 0.4) is 0 Å². The maximum Gasteiger partial charge on any atom is 0.255 e. The second-order valence-electron chi connectivity index (χ2n) is 6.95. The molecule has 0 fully saturated rings. The number of ether oxygens (including phenoxy) is 1. The lowest BCUT2D eigenvalue weighted by atomic mass is 10.1. The van der Waals surface area contributed by atoms with Crippen molar-refractivity contribution >= 4 is 17.5 Å². The first-order valence-corrected chi connectivity index (χ1v) is 10.5. The van der Waals surface area contributed by atoms with Crippen molar-refractivity contribution < 1.29 is 14.3 Å². The zero-order valence-corrected chi connectivity index (χ0v) is 17.7. The van der Waals surface area contributed by atoms with Gasteiger partial charge in [-0.3, -0.25) is 9.59 Å². The lowest BCUT2D eigenvalue weighted by Crippen LogP contribution is -2.30. The molecule has 0 aliphatic carbocycles. The molecular formula is C24H32N2O3. The molecule has 0 saturated carbocycles. The van der Waals surface area contributed by atoms with Crippen LogP contribution in [0.1, 0.15) is 67.2 Å². The van der Waals surface area contributed by atoms with Gasteiger partial charge in [0.05, 0.1) is 6.61 Å². The molecular weight excluding hydrogens is 364 g/mol. The van der Waals surface area contributed by atoms with E-state index in [1.165, 1.54) is 19.3 Å². The van der Waals surface area contributed by atoms with Crippen molar-refractivity contribution in [2.75, 3.05) is 25.0 Å². The summed E-state index contributed by atoms with van der Waals surface area (Å²) < 4.78 is 5.72. The molecule has 0 saturated heterocycles. The van der Waals surface area contributed by atoms with Gasteiger partial charge in [0.15, 0.2) is 0 Å². The Morgan fingerprint density at radius 3 is 2.28 bits per heavy atom. The van der Waals surface area contributed by atoms with E-state index in [4.69, 9.17) is 4.74 Å². The van der Waals surface area contributed by atoms with Crippen LogP contribution in [0.15, 0.2) is 48.5 Å². The predicted octanol–water partition coefficient (Wildman–Crippen LogP) is 5.38. The van der Waals surface area contributed by atoms with E-state index >= 15 is 0 Å². The summed E-state index contributed by atoms with van der Waals surface area (Å²) in [6.07, 6.45) is 4.64. The van der Waals surface area contributed by atoms with Crippen LogP contribution in [0, 0.1) is 0 Å². The maximum absolute atomic E-state index is 12.5. The molecule has 0 unspecified atom stereocenters. The Kier molecular flexibility index (Phi) is 9.22. The van der Waals surface area contributed by atoms with Crippen molar-refractivity contribution in [2.45, 2.75) is 46.5 Å². The second kappa shape index (κ2) is 11.9. The topological polar surface area (TPSA) is 58.6 Å². The third-order valence-corrected chi connectivity index (χ3v) is 4.80. The van der Waals surface area contributed by atoms with Crippen molar-refractivity contribution in [3.05, 3.63) is 59.7 Å². The monoisotopic (exact) mass is 396 g/mol. The summed E-state index contributed by atoms with van der Waals surface area (Å²) in [4.78, 5) is 26.8. The quantitative estimate of drug-likeness (QED) is 0.519. The zero-order valence-electron chi connectivity index (χ0n) is 17.7. The molecule has 29 heavy (non-hydrogen) atoms. The van der Waals surface area contributed by atoms with Gasteiger partial charge >= 0.3 is 0 Å². The highest BCUT2D eigenvalue weighted by atomic mass is 16.5. The van der Waals surface area contributed by atoms with E-state index in [2.05, 4.69) is 12.2 Å². The highest BCUT2D eigenvalue weighted by molar-refractivity contribution is 6.05. The molecule has 0 aliphatic heterocycles. The summed E-state index contributed by atoms with van der Waals surface area (Å²) >= 11 is 0. The van der Waals surface area contributed by atoms with Crippen molar-refractivity contribution in [3.8, 4) is 5.75 Å². The molecule has 0 atom stereocenters. The third kappa shape index (κ3) is 6.93.